The number of hydrogen-bond donors (Lipinski definition) is 0. The van der Waals surface area contributed by atoms with Crippen LogP contribution in [0.2, 0.25) is 0 Å². The second-order valence-corrected chi connectivity index (χ2v) is 4.00. The van der Waals surface area contributed by atoms with E-state index in [1.807, 2.05) is 0 Å². The van der Waals surface area contributed by atoms with Crippen LogP contribution in [-0.2, 0) is 14.3 Å². The fourth-order valence-electron chi connectivity index (χ4n) is 1.71. The summed E-state index contributed by atoms with van der Waals surface area (Å²) < 4.78 is 19.9. The number of esters is 2. The van der Waals surface area contributed by atoms with E-state index in [4.69, 9.17) is 18.9 Å². The monoisotopic (exact) mass is 278 g/mol. The normalized spacial score (nSPS) is 15.9. The standard InChI is InChI=1S/C14H14O6/c1-17-11-4-3-9(7-12(11)18-2)13(15)20-8-10-5-6-19-14(10)16/h3-4,7-8H,5-6H2,1-2H3/b10-8-. The molecule has 20 heavy (non-hydrogen) atoms. The number of ether oxygens (including phenoxy) is 4. The predicted octanol–water partition coefficient (Wildman–Crippen LogP) is 1.69. The molecular formula is C14H14O6. The molecule has 1 aromatic carbocycles. The lowest BCUT2D eigenvalue weighted by Crippen LogP contribution is -2.04. The van der Waals surface area contributed by atoms with Crippen LogP contribution in [0.5, 0.6) is 11.5 Å². The minimum absolute atomic E-state index is 0.297. The van der Waals surface area contributed by atoms with Crippen molar-refractivity contribution in [3.05, 3.63) is 35.6 Å². The first-order valence-electron chi connectivity index (χ1n) is 5.95. The summed E-state index contributed by atoms with van der Waals surface area (Å²) in [5, 5.41) is 0. The summed E-state index contributed by atoms with van der Waals surface area (Å²) in [7, 11) is 2.98. The maximum Gasteiger partial charge on any atom is 0.343 e. The number of hydrogen-bond acceptors (Lipinski definition) is 6. The zero-order valence-electron chi connectivity index (χ0n) is 11.2. The van der Waals surface area contributed by atoms with E-state index in [2.05, 4.69) is 0 Å². The minimum Gasteiger partial charge on any atom is -0.493 e. The number of cyclic esters (lactones) is 1. The van der Waals surface area contributed by atoms with E-state index in [1.165, 1.54) is 20.3 Å². The van der Waals surface area contributed by atoms with E-state index in [1.54, 1.807) is 12.1 Å². The maximum absolute atomic E-state index is 11.9. The molecule has 0 unspecified atom stereocenters. The van der Waals surface area contributed by atoms with Gasteiger partial charge in [-0.05, 0) is 18.2 Å². The molecule has 0 amide bonds. The first-order chi connectivity index (χ1) is 9.65. The van der Waals surface area contributed by atoms with Crippen molar-refractivity contribution in [3.63, 3.8) is 0 Å². The van der Waals surface area contributed by atoms with Crippen LogP contribution in [0, 0.1) is 0 Å². The molecular weight excluding hydrogens is 264 g/mol. The van der Waals surface area contributed by atoms with Gasteiger partial charge in [0.15, 0.2) is 11.5 Å². The third-order valence-corrected chi connectivity index (χ3v) is 2.79. The van der Waals surface area contributed by atoms with Crippen molar-refractivity contribution in [2.45, 2.75) is 6.42 Å². The quantitative estimate of drug-likeness (QED) is 0.474. The largest absolute Gasteiger partial charge is 0.493 e. The Morgan fingerprint density at radius 2 is 2.00 bits per heavy atom. The molecule has 6 nitrogen and oxygen atoms in total. The second-order valence-electron chi connectivity index (χ2n) is 4.00. The Morgan fingerprint density at radius 1 is 1.25 bits per heavy atom. The van der Waals surface area contributed by atoms with Crippen molar-refractivity contribution in [2.75, 3.05) is 20.8 Å². The van der Waals surface area contributed by atoms with E-state index >= 15 is 0 Å². The van der Waals surface area contributed by atoms with Crippen LogP contribution < -0.4 is 9.47 Å². The lowest BCUT2D eigenvalue weighted by molar-refractivity contribution is -0.135. The third kappa shape index (κ3) is 2.90. The van der Waals surface area contributed by atoms with Crippen LogP contribution in [0.25, 0.3) is 0 Å². The lowest BCUT2D eigenvalue weighted by atomic mass is 10.2. The molecule has 1 aromatic rings. The molecule has 0 aromatic heterocycles. The third-order valence-electron chi connectivity index (χ3n) is 2.79. The minimum atomic E-state index is -0.585. The average molecular weight is 278 g/mol. The van der Waals surface area contributed by atoms with Crippen molar-refractivity contribution < 1.29 is 28.5 Å². The van der Waals surface area contributed by atoms with Gasteiger partial charge in [0.25, 0.3) is 0 Å². The highest BCUT2D eigenvalue weighted by molar-refractivity contribution is 5.93. The highest BCUT2D eigenvalue weighted by Gasteiger charge is 2.20. The van der Waals surface area contributed by atoms with Gasteiger partial charge in [0.1, 0.15) is 6.26 Å². The number of rotatable bonds is 4. The summed E-state index contributed by atoms with van der Waals surface area (Å²) in [5.41, 5.74) is 0.643. The van der Waals surface area contributed by atoms with Crippen molar-refractivity contribution in [1.29, 1.82) is 0 Å². The summed E-state index contributed by atoms with van der Waals surface area (Å²) in [5.74, 6) is -0.0973. The zero-order chi connectivity index (χ0) is 14.5. The molecule has 2 rings (SSSR count). The van der Waals surface area contributed by atoms with Gasteiger partial charge in [-0.1, -0.05) is 0 Å². The van der Waals surface area contributed by atoms with Crippen LogP contribution in [0.4, 0.5) is 0 Å². The Kier molecular flexibility index (Phi) is 4.24. The summed E-state index contributed by atoms with van der Waals surface area (Å²) in [6, 6.07) is 4.66. The van der Waals surface area contributed by atoms with Crippen molar-refractivity contribution in [3.8, 4) is 11.5 Å². The fourth-order valence-corrected chi connectivity index (χ4v) is 1.71. The van der Waals surface area contributed by atoms with Crippen LogP contribution in [0.1, 0.15) is 16.8 Å². The van der Waals surface area contributed by atoms with Crippen LogP contribution in [0.3, 0.4) is 0 Å². The van der Waals surface area contributed by atoms with Crippen molar-refractivity contribution in [1.82, 2.24) is 0 Å². The van der Waals surface area contributed by atoms with E-state index < -0.39 is 11.9 Å². The van der Waals surface area contributed by atoms with E-state index in [0.717, 1.165) is 6.26 Å². The molecule has 0 N–H and O–H groups in total. The first kappa shape index (κ1) is 13.9. The van der Waals surface area contributed by atoms with Gasteiger partial charge in [-0.15, -0.1) is 0 Å². The molecule has 1 aliphatic rings. The molecule has 0 radical (unpaired) electrons. The van der Waals surface area contributed by atoms with Gasteiger partial charge in [0.05, 0.1) is 32.0 Å². The molecule has 0 bridgehead atoms. The van der Waals surface area contributed by atoms with Crippen LogP contribution in [0.15, 0.2) is 30.0 Å². The Labute approximate surface area is 115 Å². The molecule has 1 aliphatic heterocycles. The highest BCUT2D eigenvalue weighted by Crippen LogP contribution is 2.27. The van der Waals surface area contributed by atoms with Gasteiger partial charge >= 0.3 is 11.9 Å². The Morgan fingerprint density at radius 3 is 2.60 bits per heavy atom. The summed E-state index contributed by atoms with van der Waals surface area (Å²) >= 11 is 0. The summed E-state index contributed by atoms with van der Waals surface area (Å²) in [6.07, 6.45) is 1.58. The fraction of sp³-hybridized carbons (Fsp3) is 0.286. The summed E-state index contributed by atoms with van der Waals surface area (Å²) in [4.78, 5) is 23.0. The summed E-state index contributed by atoms with van der Waals surface area (Å²) in [6.45, 7) is 0.318. The molecule has 0 atom stereocenters. The Hall–Kier alpha value is -2.50. The number of carbonyl (C=O) groups excluding carboxylic acids is 2. The molecule has 0 saturated carbocycles. The molecule has 1 fully saturated rings. The van der Waals surface area contributed by atoms with Crippen molar-refractivity contribution >= 4 is 11.9 Å². The van der Waals surface area contributed by atoms with Gasteiger partial charge in [0, 0.05) is 6.42 Å². The van der Waals surface area contributed by atoms with Gasteiger partial charge in [-0.3, -0.25) is 0 Å². The molecule has 1 saturated heterocycles. The topological polar surface area (TPSA) is 71.1 Å². The van der Waals surface area contributed by atoms with Gasteiger partial charge in [-0.2, -0.15) is 0 Å². The lowest BCUT2D eigenvalue weighted by Gasteiger charge is -2.08. The predicted molar refractivity (Wildman–Crippen MR) is 68.6 cm³/mol. The van der Waals surface area contributed by atoms with Crippen LogP contribution in [-0.4, -0.2) is 32.8 Å². The average Bonchev–Trinajstić information content (AvgIpc) is 2.89. The highest BCUT2D eigenvalue weighted by atomic mass is 16.5. The van der Waals surface area contributed by atoms with E-state index in [9.17, 15) is 9.59 Å². The Bertz CT molecular complexity index is 561. The molecule has 0 aliphatic carbocycles. The molecule has 1 heterocycles. The van der Waals surface area contributed by atoms with E-state index in [0.29, 0.717) is 35.7 Å². The first-order valence-corrected chi connectivity index (χ1v) is 5.95. The number of methoxy groups -OCH3 is 2. The second kappa shape index (κ2) is 6.10. The zero-order valence-corrected chi connectivity index (χ0v) is 11.2. The number of benzene rings is 1. The Balaban J connectivity index is 2.11. The molecule has 0 spiro atoms. The number of carbonyl (C=O) groups is 2. The van der Waals surface area contributed by atoms with E-state index in [-0.39, 0.29) is 0 Å². The molecule has 106 valence electrons. The van der Waals surface area contributed by atoms with Crippen LogP contribution >= 0.6 is 0 Å². The maximum atomic E-state index is 11.9. The van der Waals surface area contributed by atoms with Crippen molar-refractivity contribution in [2.24, 2.45) is 0 Å². The SMILES string of the molecule is COc1ccc(C(=O)O/C=C2/CCOC2=O)cc1OC. The molecule has 6 heteroatoms. The van der Waals surface area contributed by atoms with Gasteiger partial charge in [0.2, 0.25) is 0 Å². The smallest absolute Gasteiger partial charge is 0.343 e. The van der Waals surface area contributed by atoms with Gasteiger partial charge < -0.3 is 18.9 Å². The van der Waals surface area contributed by atoms with Gasteiger partial charge in [-0.25, -0.2) is 9.59 Å².